The highest BCUT2D eigenvalue weighted by molar-refractivity contribution is 5.66. The van der Waals surface area contributed by atoms with Crippen LogP contribution in [0.1, 0.15) is 17.7 Å². The molecule has 1 aromatic carbocycles. The third-order valence-corrected chi connectivity index (χ3v) is 3.24. The summed E-state index contributed by atoms with van der Waals surface area (Å²) in [6.45, 7) is 2.92. The predicted molar refractivity (Wildman–Crippen MR) is 73.0 cm³/mol. The number of fused-ring (bicyclic) bond motifs is 1. The van der Waals surface area contributed by atoms with E-state index in [-0.39, 0.29) is 0 Å². The van der Waals surface area contributed by atoms with Gasteiger partial charge in [-0.15, -0.1) is 0 Å². The van der Waals surface area contributed by atoms with Gasteiger partial charge in [0.25, 0.3) is 0 Å². The van der Waals surface area contributed by atoms with Crippen LogP contribution in [0.15, 0.2) is 30.3 Å². The number of nitrogens with two attached hydrogens (primary N) is 1. The van der Waals surface area contributed by atoms with E-state index >= 15 is 0 Å². The summed E-state index contributed by atoms with van der Waals surface area (Å²) in [5.41, 5.74) is 9.25. The van der Waals surface area contributed by atoms with Gasteiger partial charge in [-0.05, 0) is 31.4 Å². The molecule has 1 aromatic heterocycles. The molecule has 0 fully saturated rings. The van der Waals surface area contributed by atoms with E-state index in [1.165, 1.54) is 11.3 Å². The number of aryl methyl sites for hydroxylation is 2. The zero-order valence-corrected chi connectivity index (χ0v) is 10.4. The average molecular weight is 240 g/mol. The van der Waals surface area contributed by atoms with E-state index in [9.17, 15) is 0 Å². The molecule has 92 valence electrons. The minimum Gasteiger partial charge on any atom is -0.368 e. The summed E-state index contributed by atoms with van der Waals surface area (Å²) < 4.78 is 0. The van der Waals surface area contributed by atoms with E-state index in [4.69, 9.17) is 5.73 Å². The number of anilines is 3. The van der Waals surface area contributed by atoms with Crippen LogP contribution >= 0.6 is 0 Å². The fourth-order valence-electron chi connectivity index (χ4n) is 2.48. The Morgan fingerprint density at radius 2 is 2.06 bits per heavy atom. The van der Waals surface area contributed by atoms with Gasteiger partial charge in [0.1, 0.15) is 5.82 Å². The van der Waals surface area contributed by atoms with Gasteiger partial charge in [0.15, 0.2) is 0 Å². The minimum absolute atomic E-state index is 0.341. The molecular formula is C14H16N4. The Bertz CT molecular complexity index is 560. The maximum Gasteiger partial charge on any atom is 0.222 e. The van der Waals surface area contributed by atoms with Crippen LogP contribution in [0.3, 0.4) is 0 Å². The molecular weight excluding hydrogens is 224 g/mol. The summed E-state index contributed by atoms with van der Waals surface area (Å²) in [5, 5.41) is 0. The van der Waals surface area contributed by atoms with Crippen LogP contribution in [0.5, 0.6) is 0 Å². The molecule has 0 bridgehead atoms. The standard InChI is InChI=1S/C14H16N4/c1-10-9-13(17-14(15)16-10)18-8-4-6-11-5-2-3-7-12(11)18/h2-3,5,7,9H,4,6,8H2,1H3,(H2,15,16,17). The van der Waals surface area contributed by atoms with E-state index in [1.54, 1.807) is 0 Å². The second-order valence-electron chi connectivity index (χ2n) is 4.61. The van der Waals surface area contributed by atoms with Crippen molar-refractivity contribution in [1.29, 1.82) is 0 Å². The van der Waals surface area contributed by atoms with Gasteiger partial charge < -0.3 is 10.6 Å². The third-order valence-electron chi connectivity index (χ3n) is 3.24. The molecule has 4 heteroatoms. The molecule has 0 atom stereocenters. The van der Waals surface area contributed by atoms with Gasteiger partial charge in [-0.3, -0.25) is 0 Å². The quantitative estimate of drug-likeness (QED) is 0.832. The molecule has 0 spiro atoms. The Morgan fingerprint density at radius 1 is 1.22 bits per heavy atom. The number of benzene rings is 1. The molecule has 0 radical (unpaired) electrons. The van der Waals surface area contributed by atoms with Crippen molar-refractivity contribution in [1.82, 2.24) is 9.97 Å². The van der Waals surface area contributed by atoms with Crippen molar-refractivity contribution in [2.24, 2.45) is 0 Å². The number of nitrogens with zero attached hydrogens (tertiary/aromatic N) is 3. The van der Waals surface area contributed by atoms with Gasteiger partial charge in [-0.1, -0.05) is 18.2 Å². The number of rotatable bonds is 1. The van der Waals surface area contributed by atoms with Crippen molar-refractivity contribution >= 4 is 17.5 Å². The lowest BCUT2D eigenvalue weighted by atomic mass is 10.0. The van der Waals surface area contributed by atoms with Gasteiger partial charge >= 0.3 is 0 Å². The molecule has 18 heavy (non-hydrogen) atoms. The first-order valence-corrected chi connectivity index (χ1v) is 6.20. The molecule has 0 saturated carbocycles. The second-order valence-corrected chi connectivity index (χ2v) is 4.61. The van der Waals surface area contributed by atoms with Crippen LogP contribution in [0.2, 0.25) is 0 Å². The first-order valence-electron chi connectivity index (χ1n) is 6.20. The summed E-state index contributed by atoms with van der Waals surface area (Å²) in [5.74, 6) is 1.24. The first kappa shape index (κ1) is 11.0. The monoisotopic (exact) mass is 240 g/mol. The smallest absolute Gasteiger partial charge is 0.222 e. The molecule has 2 aromatic rings. The highest BCUT2D eigenvalue weighted by Gasteiger charge is 2.19. The molecule has 1 aliphatic rings. The van der Waals surface area contributed by atoms with E-state index in [0.29, 0.717) is 5.95 Å². The van der Waals surface area contributed by atoms with Crippen molar-refractivity contribution in [3.63, 3.8) is 0 Å². The van der Waals surface area contributed by atoms with Gasteiger partial charge in [0.05, 0.1) is 0 Å². The Kier molecular flexibility index (Phi) is 2.63. The number of hydrogen-bond acceptors (Lipinski definition) is 4. The van der Waals surface area contributed by atoms with E-state index in [1.807, 2.05) is 13.0 Å². The summed E-state index contributed by atoms with van der Waals surface area (Å²) in [4.78, 5) is 10.7. The third kappa shape index (κ3) is 1.90. The van der Waals surface area contributed by atoms with Crippen molar-refractivity contribution < 1.29 is 0 Å². The normalized spacial score (nSPS) is 14.4. The van der Waals surface area contributed by atoms with Crippen LogP contribution in [0.25, 0.3) is 0 Å². The predicted octanol–water partition coefficient (Wildman–Crippen LogP) is 2.45. The molecule has 2 N–H and O–H groups in total. The summed E-state index contributed by atoms with van der Waals surface area (Å²) in [7, 11) is 0. The van der Waals surface area contributed by atoms with Crippen molar-refractivity contribution in [3.8, 4) is 0 Å². The molecule has 4 nitrogen and oxygen atoms in total. The van der Waals surface area contributed by atoms with Crippen LogP contribution in [0, 0.1) is 6.92 Å². The topological polar surface area (TPSA) is 55.0 Å². The van der Waals surface area contributed by atoms with Gasteiger partial charge in [-0.2, -0.15) is 4.98 Å². The van der Waals surface area contributed by atoms with E-state index in [2.05, 4.69) is 39.1 Å². The van der Waals surface area contributed by atoms with E-state index < -0.39 is 0 Å². The van der Waals surface area contributed by atoms with Crippen LogP contribution in [0.4, 0.5) is 17.5 Å². The Hall–Kier alpha value is -2.10. The van der Waals surface area contributed by atoms with Gasteiger partial charge in [0, 0.05) is 24.0 Å². The summed E-state index contributed by atoms with van der Waals surface area (Å²) in [6.07, 6.45) is 2.27. The fourth-order valence-corrected chi connectivity index (χ4v) is 2.48. The minimum atomic E-state index is 0.341. The molecule has 3 rings (SSSR count). The molecule has 2 heterocycles. The van der Waals surface area contributed by atoms with Crippen LogP contribution in [-0.4, -0.2) is 16.5 Å². The fraction of sp³-hybridized carbons (Fsp3) is 0.286. The van der Waals surface area contributed by atoms with Crippen molar-refractivity contribution in [3.05, 3.63) is 41.6 Å². The Labute approximate surface area is 106 Å². The van der Waals surface area contributed by atoms with Crippen LogP contribution in [-0.2, 0) is 6.42 Å². The zero-order valence-electron chi connectivity index (χ0n) is 10.4. The maximum absolute atomic E-state index is 5.74. The highest BCUT2D eigenvalue weighted by Crippen LogP contribution is 2.32. The molecule has 0 unspecified atom stereocenters. The molecule has 0 amide bonds. The lowest BCUT2D eigenvalue weighted by Crippen LogP contribution is -2.25. The number of para-hydroxylation sites is 1. The van der Waals surface area contributed by atoms with E-state index in [0.717, 1.165) is 30.9 Å². The molecule has 1 aliphatic heterocycles. The van der Waals surface area contributed by atoms with Crippen LogP contribution < -0.4 is 10.6 Å². The lowest BCUT2D eigenvalue weighted by molar-refractivity contribution is 0.758. The van der Waals surface area contributed by atoms with Gasteiger partial charge in [-0.25, -0.2) is 4.98 Å². The number of aromatic nitrogens is 2. The summed E-state index contributed by atoms with van der Waals surface area (Å²) in [6, 6.07) is 10.5. The van der Waals surface area contributed by atoms with Gasteiger partial charge in [0.2, 0.25) is 5.95 Å². The number of nitrogen functional groups attached to an aromatic ring is 1. The molecule has 0 aliphatic carbocycles. The van der Waals surface area contributed by atoms with Crippen molar-refractivity contribution in [2.75, 3.05) is 17.2 Å². The maximum atomic E-state index is 5.74. The summed E-state index contributed by atoms with van der Waals surface area (Å²) >= 11 is 0. The zero-order chi connectivity index (χ0) is 12.5. The average Bonchev–Trinajstić information content (AvgIpc) is 2.37. The lowest BCUT2D eigenvalue weighted by Gasteiger charge is -2.30. The Morgan fingerprint density at radius 3 is 2.89 bits per heavy atom. The molecule has 0 saturated heterocycles. The Balaban J connectivity index is 2.08. The SMILES string of the molecule is Cc1cc(N2CCCc3ccccc32)nc(N)n1. The highest BCUT2D eigenvalue weighted by atomic mass is 15.2. The second kappa shape index (κ2) is 4.29. The first-order chi connectivity index (χ1) is 8.74. The largest absolute Gasteiger partial charge is 0.368 e. The number of hydrogen-bond donors (Lipinski definition) is 1. The van der Waals surface area contributed by atoms with Crippen molar-refractivity contribution in [2.45, 2.75) is 19.8 Å².